The van der Waals surface area contributed by atoms with E-state index in [2.05, 4.69) is 145 Å². The predicted octanol–water partition coefficient (Wildman–Crippen LogP) is 12.7. The van der Waals surface area contributed by atoms with Crippen LogP contribution in [-0.2, 0) is 0 Å². The third-order valence-electron chi connectivity index (χ3n) is 10.2. The highest BCUT2D eigenvalue weighted by Gasteiger charge is 2.17. The van der Waals surface area contributed by atoms with Gasteiger partial charge in [-0.05, 0) is 78.8 Å². The summed E-state index contributed by atoms with van der Waals surface area (Å²) < 4.78 is 0. The highest BCUT2D eigenvalue weighted by Crippen LogP contribution is 2.43. The number of pyridine rings is 1. The Morgan fingerprint density at radius 2 is 0.722 bits per heavy atom. The molecule has 0 N–H and O–H groups in total. The first kappa shape index (κ1) is 31.4. The minimum absolute atomic E-state index is 0.621. The van der Waals surface area contributed by atoms with Gasteiger partial charge in [-0.25, -0.2) is 15.0 Å². The van der Waals surface area contributed by atoms with E-state index < -0.39 is 0 Å². The van der Waals surface area contributed by atoms with Crippen LogP contribution in [-0.4, -0.2) is 19.9 Å². The summed E-state index contributed by atoms with van der Waals surface area (Å²) >= 11 is 0. The number of benzene rings is 8. The molecule has 0 aliphatic rings. The Kier molecular flexibility index (Phi) is 7.77. The van der Waals surface area contributed by atoms with Gasteiger partial charge in [-0.1, -0.05) is 164 Å². The average Bonchev–Trinajstić information content (AvgIpc) is 3.27. The van der Waals surface area contributed by atoms with Gasteiger partial charge in [-0.2, -0.15) is 0 Å². The summed E-state index contributed by atoms with van der Waals surface area (Å²) in [5.41, 5.74) is 9.43. The second-order valence-electron chi connectivity index (χ2n) is 13.4. The van der Waals surface area contributed by atoms with Gasteiger partial charge in [-0.3, -0.25) is 4.98 Å². The SMILES string of the molecule is c1ccc(-c2cc(-c3ccc(-c4nc(-c5ccccc5)nc(-c5ccc(-c6ccccn6)cc5)n4)cc3)c3c4ccccc4c4ccccc4c3c2)cc1. The highest BCUT2D eigenvalue weighted by atomic mass is 15.0. The van der Waals surface area contributed by atoms with Crippen molar-refractivity contribution in [3.8, 4) is 67.7 Å². The van der Waals surface area contributed by atoms with Crippen molar-refractivity contribution in [3.05, 3.63) is 194 Å². The van der Waals surface area contributed by atoms with E-state index in [-0.39, 0.29) is 0 Å². The molecule has 4 nitrogen and oxygen atoms in total. The van der Waals surface area contributed by atoms with E-state index in [1.165, 1.54) is 49.0 Å². The summed E-state index contributed by atoms with van der Waals surface area (Å²) in [7, 11) is 0. The van der Waals surface area contributed by atoms with Gasteiger partial charge in [0, 0.05) is 28.5 Å². The van der Waals surface area contributed by atoms with E-state index in [4.69, 9.17) is 15.0 Å². The van der Waals surface area contributed by atoms with Gasteiger partial charge in [0.25, 0.3) is 0 Å². The molecular formula is C50H32N4. The van der Waals surface area contributed by atoms with Gasteiger partial charge >= 0.3 is 0 Å². The number of nitrogens with zero attached hydrogens (tertiary/aromatic N) is 4. The molecule has 0 unspecified atom stereocenters. The molecule has 252 valence electrons. The van der Waals surface area contributed by atoms with Gasteiger partial charge in [0.15, 0.2) is 17.5 Å². The molecule has 54 heavy (non-hydrogen) atoms. The topological polar surface area (TPSA) is 51.6 Å². The molecule has 0 fully saturated rings. The second-order valence-corrected chi connectivity index (χ2v) is 13.4. The Bertz CT molecular complexity index is 2940. The quantitative estimate of drug-likeness (QED) is 0.163. The number of fused-ring (bicyclic) bond motifs is 6. The first-order chi connectivity index (χ1) is 26.8. The van der Waals surface area contributed by atoms with Gasteiger partial charge < -0.3 is 0 Å². The minimum Gasteiger partial charge on any atom is -0.256 e. The summed E-state index contributed by atoms with van der Waals surface area (Å²) in [6, 6.07) is 65.9. The van der Waals surface area contributed by atoms with Crippen LogP contribution in [0.2, 0.25) is 0 Å². The molecule has 10 aromatic rings. The highest BCUT2D eigenvalue weighted by molar-refractivity contribution is 6.29. The van der Waals surface area contributed by atoms with Crippen molar-refractivity contribution in [2.75, 3.05) is 0 Å². The molecule has 0 bridgehead atoms. The monoisotopic (exact) mass is 688 g/mol. The summed E-state index contributed by atoms with van der Waals surface area (Å²) in [4.78, 5) is 19.5. The molecule has 10 rings (SSSR count). The lowest BCUT2D eigenvalue weighted by molar-refractivity contribution is 1.07. The minimum atomic E-state index is 0.621. The summed E-state index contributed by atoms with van der Waals surface area (Å²) in [5.74, 6) is 1.88. The summed E-state index contributed by atoms with van der Waals surface area (Å²) in [5, 5.41) is 7.51. The number of hydrogen-bond acceptors (Lipinski definition) is 4. The molecule has 8 aromatic carbocycles. The summed E-state index contributed by atoms with van der Waals surface area (Å²) in [6.07, 6.45) is 1.81. The van der Waals surface area contributed by atoms with Crippen molar-refractivity contribution in [3.63, 3.8) is 0 Å². The van der Waals surface area contributed by atoms with Crippen LogP contribution in [0.5, 0.6) is 0 Å². The zero-order valence-corrected chi connectivity index (χ0v) is 29.3. The van der Waals surface area contributed by atoms with Crippen LogP contribution < -0.4 is 0 Å². The van der Waals surface area contributed by atoms with E-state index in [0.717, 1.165) is 33.5 Å². The largest absolute Gasteiger partial charge is 0.256 e. The van der Waals surface area contributed by atoms with E-state index in [9.17, 15) is 0 Å². The maximum atomic E-state index is 5.05. The molecule has 0 atom stereocenters. The lowest BCUT2D eigenvalue weighted by Crippen LogP contribution is -2.00. The standard InChI is InChI=1S/C50H32N4/c1-3-13-33(14-4-1)39-31-44(47-43-20-10-9-18-41(43)40-17-7-8-19-42(40)45(47)32-39)34-22-26-37(27-23-34)49-52-48(36-15-5-2-6-16-36)53-50(54-49)38-28-24-35(25-29-38)46-21-11-12-30-51-46/h1-32H. The lowest BCUT2D eigenvalue weighted by atomic mass is 9.87. The Hall–Kier alpha value is -7.30. The Morgan fingerprint density at radius 3 is 1.30 bits per heavy atom. The molecular weight excluding hydrogens is 657 g/mol. The van der Waals surface area contributed by atoms with Crippen LogP contribution in [0.4, 0.5) is 0 Å². The van der Waals surface area contributed by atoms with Crippen LogP contribution in [0.25, 0.3) is 100.0 Å². The predicted molar refractivity (Wildman–Crippen MR) is 223 cm³/mol. The normalized spacial score (nSPS) is 11.3. The number of rotatable bonds is 6. The Balaban J connectivity index is 1.13. The van der Waals surface area contributed by atoms with E-state index in [0.29, 0.717) is 17.5 Å². The summed E-state index contributed by atoms with van der Waals surface area (Å²) in [6.45, 7) is 0. The molecule has 0 saturated carbocycles. The zero-order valence-electron chi connectivity index (χ0n) is 29.3. The molecule has 0 aliphatic heterocycles. The van der Waals surface area contributed by atoms with Crippen LogP contribution in [0.15, 0.2) is 194 Å². The van der Waals surface area contributed by atoms with Crippen LogP contribution >= 0.6 is 0 Å². The Labute approximate surface area is 313 Å². The van der Waals surface area contributed by atoms with Gasteiger partial charge in [0.05, 0.1) is 5.69 Å². The van der Waals surface area contributed by atoms with Crippen LogP contribution in [0.3, 0.4) is 0 Å². The van der Waals surface area contributed by atoms with Crippen LogP contribution in [0.1, 0.15) is 0 Å². The molecule has 2 aromatic heterocycles. The smallest absolute Gasteiger partial charge is 0.164 e. The molecule has 0 aliphatic carbocycles. The van der Waals surface area contributed by atoms with E-state index >= 15 is 0 Å². The van der Waals surface area contributed by atoms with Crippen LogP contribution in [0, 0.1) is 0 Å². The fourth-order valence-corrected chi connectivity index (χ4v) is 7.53. The van der Waals surface area contributed by atoms with Gasteiger partial charge in [0.1, 0.15) is 0 Å². The fourth-order valence-electron chi connectivity index (χ4n) is 7.53. The average molecular weight is 689 g/mol. The molecule has 2 heterocycles. The van der Waals surface area contributed by atoms with Gasteiger partial charge in [0.2, 0.25) is 0 Å². The first-order valence-corrected chi connectivity index (χ1v) is 18.1. The molecule has 4 heteroatoms. The third-order valence-corrected chi connectivity index (χ3v) is 10.2. The first-order valence-electron chi connectivity index (χ1n) is 18.1. The van der Waals surface area contributed by atoms with Crippen molar-refractivity contribution in [1.82, 2.24) is 19.9 Å². The number of hydrogen-bond donors (Lipinski definition) is 0. The van der Waals surface area contributed by atoms with Gasteiger partial charge in [-0.15, -0.1) is 0 Å². The molecule has 0 radical (unpaired) electrons. The number of aromatic nitrogens is 4. The van der Waals surface area contributed by atoms with Crippen molar-refractivity contribution in [2.45, 2.75) is 0 Å². The third kappa shape index (κ3) is 5.67. The molecule has 0 spiro atoms. The van der Waals surface area contributed by atoms with E-state index in [1.54, 1.807) is 0 Å². The van der Waals surface area contributed by atoms with Crippen molar-refractivity contribution in [2.24, 2.45) is 0 Å². The zero-order chi connectivity index (χ0) is 35.8. The Morgan fingerprint density at radius 1 is 0.278 bits per heavy atom. The maximum absolute atomic E-state index is 5.05. The molecule has 0 saturated heterocycles. The second kappa shape index (κ2) is 13.4. The molecule has 0 amide bonds. The van der Waals surface area contributed by atoms with Crippen molar-refractivity contribution < 1.29 is 0 Å². The van der Waals surface area contributed by atoms with Crippen molar-refractivity contribution in [1.29, 1.82) is 0 Å². The maximum Gasteiger partial charge on any atom is 0.164 e. The fraction of sp³-hybridized carbons (Fsp3) is 0. The lowest BCUT2D eigenvalue weighted by Gasteiger charge is -2.17. The van der Waals surface area contributed by atoms with E-state index in [1.807, 2.05) is 54.7 Å². The van der Waals surface area contributed by atoms with Crippen molar-refractivity contribution >= 4 is 32.3 Å².